The maximum Gasteiger partial charge on any atom is 0.423 e. The fourth-order valence-corrected chi connectivity index (χ4v) is 3.04. The molecule has 0 spiro atoms. The van der Waals surface area contributed by atoms with Gasteiger partial charge in [0.15, 0.2) is 0 Å². The summed E-state index contributed by atoms with van der Waals surface area (Å²) in [6.07, 6.45) is -4.40. The molecule has 1 aliphatic heterocycles. The maximum atomic E-state index is 13.2. The van der Waals surface area contributed by atoms with E-state index in [1.165, 1.54) is 4.47 Å². The number of hydroxylamine groups is 1. The summed E-state index contributed by atoms with van der Waals surface area (Å²) in [5, 5.41) is 0. The van der Waals surface area contributed by atoms with Crippen LogP contribution in [0.3, 0.4) is 0 Å². The summed E-state index contributed by atoms with van der Waals surface area (Å²) in [6.45, 7) is 0.0679. The Bertz CT molecular complexity index is 671. The zero-order valence-corrected chi connectivity index (χ0v) is 12.2. The lowest BCUT2D eigenvalue weighted by atomic mass is 10.1. The van der Waals surface area contributed by atoms with Gasteiger partial charge in [-0.2, -0.15) is 13.2 Å². The number of allylic oxidation sites excluding steroid dienone is 1. The van der Waals surface area contributed by atoms with Crippen LogP contribution in [-0.2, 0) is 0 Å². The summed E-state index contributed by atoms with van der Waals surface area (Å²) >= 11 is 0.581. The third-order valence-corrected chi connectivity index (χ3v) is 4.15. The van der Waals surface area contributed by atoms with E-state index in [0.29, 0.717) is 23.3 Å². The van der Waals surface area contributed by atoms with E-state index in [0.717, 1.165) is 0 Å². The highest BCUT2D eigenvalue weighted by molar-refractivity contribution is 8.01. The van der Waals surface area contributed by atoms with Gasteiger partial charge in [0.2, 0.25) is 0 Å². The van der Waals surface area contributed by atoms with Crippen LogP contribution in [0.2, 0.25) is 0 Å². The van der Waals surface area contributed by atoms with Crippen LogP contribution in [0.15, 0.2) is 65.6 Å². The molecule has 0 saturated carbocycles. The molecule has 0 aromatic heterocycles. The molecule has 2 aromatic rings. The molecule has 0 radical (unpaired) electrons. The molecule has 1 aliphatic rings. The van der Waals surface area contributed by atoms with Crippen molar-refractivity contribution in [3.8, 4) is 5.75 Å². The van der Waals surface area contributed by atoms with Crippen molar-refractivity contribution in [2.45, 2.75) is 6.18 Å². The molecule has 2 aromatic carbocycles. The predicted molar refractivity (Wildman–Crippen MR) is 80.8 cm³/mol. The lowest BCUT2D eigenvalue weighted by Gasteiger charge is -2.16. The average Bonchev–Trinajstić information content (AvgIpc) is 2.93. The Labute approximate surface area is 130 Å². The number of alkyl halides is 3. The second-order valence-electron chi connectivity index (χ2n) is 4.66. The molecule has 3 rings (SSSR count). The fraction of sp³-hybridized carbons (Fsp3) is 0.125. The first-order chi connectivity index (χ1) is 10.5. The predicted octanol–water partition coefficient (Wildman–Crippen LogP) is 4.92. The molecule has 2 nitrogen and oxygen atoms in total. The Morgan fingerprint density at radius 2 is 1.50 bits per heavy atom. The van der Waals surface area contributed by atoms with Crippen molar-refractivity contribution in [2.75, 3.05) is 6.54 Å². The molecule has 22 heavy (non-hydrogen) atoms. The highest BCUT2D eigenvalue weighted by Gasteiger charge is 2.43. The molecule has 0 saturated heterocycles. The summed E-state index contributed by atoms with van der Waals surface area (Å²) in [5.41, 5.74) is 0.788. The second kappa shape index (κ2) is 6.06. The molecule has 0 N–H and O–H groups in total. The summed E-state index contributed by atoms with van der Waals surface area (Å²) in [6, 6.07) is 17.3. The lowest BCUT2D eigenvalue weighted by molar-refractivity contribution is -0.0832. The van der Waals surface area contributed by atoms with Gasteiger partial charge in [0.05, 0.1) is 6.54 Å². The summed E-state index contributed by atoms with van der Waals surface area (Å²) < 4.78 is 41.0. The number of halogens is 3. The number of para-hydroxylation sites is 1. The first kappa shape index (κ1) is 15.0. The first-order valence-corrected chi connectivity index (χ1v) is 7.35. The number of hydrogen-bond donors (Lipinski definition) is 0. The van der Waals surface area contributed by atoms with Crippen LogP contribution in [-0.4, -0.2) is 17.2 Å². The zero-order chi connectivity index (χ0) is 15.6. The molecule has 0 fully saturated rings. The minimum atomic E-state index is -4.40. The minimum absolute atomic E-state index is 0.0679. The lowest BCUT2D eigenvalue weighted by Crippen LogP contribution is -2.18. The van der Waals surface area contributed by atoms with Gasteiger partial charge >= 0.3 is 6.18 Å². The monoisotopic (exact) mass is 323 g/mol. The van der Waals surface area contributed by atoms with Gasteiger partial charge in [-0.1, -0.05) is 53.0 Å². The van der Waals surface area contributed by atoms with E-state index in [-0.39, 0.29) is 12.1 Å². The van der Waals surface area contributed by atoms with E-state index in [9.17, 15) is 13.2 Å². The van der Waals surface area contributed by atoms with Crippen LogP contribution in [0.5, 0.6) is 5.75 Å². The van der Waals surface area contributed by atoms with Crippen molar-refractivity contribution < 1.29 is 18.0 Å². The Kier molecular flexibility index (Phi) is 4.13. The average molecular weight is 323 g/mol. The molecule has 6 heteroatoms. The van der Waals surface area contributed by atoms with Crippen LogP contribution in [0, 0.1) is 0 Å². The third kappa shape index (κ3) is 3.28. The SMILES string of the molecule is FC(F)(F)C1=C(c2ccccc2)CN(Oc2ccccc2)S1. The van der Waals surface area contributed by atoms with Crippen LogP contribution in [0.1, 0.15) is 5.56 Å². The Morgan fingerprint density at radius 3 is 2.09 bits per heavy atom. The van der Waals surface area contributed by atoms with Crippen LogP contribution in [0.4, 0.5) is 13.2 Å². The molecule has 0 amide bonds. The molecule has 0 bridgehead atoms. The van der Waals surface area contributed by atoms with E-state index in [2.05, 4.69) is 0 Å². The van der Waals surface area contributed by atoms with Crippen molar-refractivity contribution in [3.05, 3.63) is 71.1 Å². The van der Waals surface area contributed by atoms with E-state index in [1.54, 1.807) is 54.6 Å². The Hall–Kier alpha value is -1.92. The standard InChI is InChI=1S/C16H12F3NOS/c17-16(18,19)15-14(12-7-3-1-4-8-12)11-20(22-15)21-13-9-5-2-6-10-13/h1-10H,11H2. The zero-order valence-electron chi connectivity index (χ0n) is 11.4. The molecule has 114 valence electrons. The Morgan fingerprint density at radius 1 is 0.909 bits per heavy atom. The first-order valence-electron chi connectivity index (χ1n) is 6.58. The topological polar surface area (TPSA) is 12.5 Å². The summed E-state index contributed by atoms with van der Waals surface area (Å²) in [4.78, 5) is 4.88. The van der Waals surface area contributed by atoms with E-state index in [1.807, 2.05) is 6.07 Å². The van der Waals surface area contributed by atoms with Crippen LogP contribution >= 0.6 is 11.9 Å². The van der Waals surface area contributed by atoms with Crippen molar-refractivity contribution in [2.24, 2.45) is 0 Å². The quantitative estimate of drug-likeness (QED) is 0.744. The molecule has 1 heterocycles. The highest BCUT2D eigenvalue weighted by atomic mass is 32.2. The van der Waals surface area contributed by atoms with Gasteiger partial charge in [-0.25, -0.2) is 0 Å². The van der Waals surface area contributed by atoms with E-state index < -0.39 is 11.1 Å². The largest absolute Gasteiger partial charge is 0.423 e. The molecule has 0 aliphatic carbocycles. The maximum absolute atomic E-state index is 13.2. The van der Waals surface area contributed by atoms with Crippen molar-refractivity contribution in [1.29, 1.82) is 0 Å². The smallest absolute Gasteiger partial charge is 0.395 e. The summed E-state index contributed by atoms with van der Waals surface area (Å²) in [5.74, 6) is 0.505. The number of rotatable bonds is 3. The van der Waals surface area contributed by atoms with Crippen molar-refractivity contribution in [3.63, 3.8) is 0 Å². The molecule has 0 unspecified atom stereocenters. The van der Waals surface area contributed by atoms with Gasteiger partial charge < -0.3 is 4.84 Å². The molecular formula is C16H12F3NOS. The van der Waals surface area contributed by atoms with E-state index >= 15 is 0 Å². The van der Waals surface area contributed by atoms with Crippen LogP contribution < -0.4 is 4.84 Å². The van der Waals surface area contributed by atoms with Gasteiger partial charge in [0.1, 0.15) is 10.7 Å². The van der Waals surface area contributed by atoms with Gasteiger partial charge in [-0.3, -0.25) is 0 Å². The van der Waals surface area contributed by atoms with Gasteiger partial charge in [-0.15, -0.1) is 0 Å². The Balaban J connectivity index is 1.85. The van der Waals surface area contributed by atoms with Crippen molar-refractivity contribution >= 4 is 17.5 Å². The number of nitrogens with zero attached hydrogens (tertiary/aromatic N) is 1. The van der Waals surface area contributed by atoms with Crippen molar-refractivity contribution in [1.82, 2.24) is 4.47 Å². The minimum Gasteiger partial charge on any atom is -0.395 e. The third-order valence-electron chi connectivity index (χ3n) is 3.08. The number of benzene rings is 2. The molecule has 0 atom stereocenters. The van der Waals surface area contributed by atoms with E-state index in [4.69, 9.17) is 4.84 Å². The van der Waals surface area contributed by atoms with Crippen LogP contribution in [0.25, 0.3) is 5.57 Å². The number of hydrogen-bond acceptors (Lipinski definition) is 3. The van der Waals surface area contributed by atoms with Gasteiger partial charge in [0.25, 0.3) is 0 Å². The van der Waals surface area contributed by atoms with Gasteiger partial charge in [-0.05, 0) is 23.3 Å². The molecular weight excluding hydrogens is 311 g/mol. The summed E-state index contributed by atoms with van der Waals surface area (Å²) in [7, 11) is 0. The van der Waals surface area contributed by atoms with Gasteiger partial charge in [0, 0.05) is 11.9 Å². The normalized spacial score (nSPS) is 16.1. The second-order valence-corrected chi connectivity index (χ2v) is 5.66. The highest BCUT2D eigenvalue weighted by Crippen LogP contribution is 2.47. The fourth-order valence-electron chi connectivity index (χ4n) is 2.12.